The first-order chi connectivity index (χ1) is 12.4. The minimum absolute atomic E-state index is 0.106. The molecule has 0 aliphatic carbocycles. The summed E-state index contributed by atoms with van der Waals surface area (Å²) < 4.78 is 1.76. The average molecular weight is 357 g/mol. The van der Waals surface area contributed by atoms with Gasteiger partial charge in [0.2, 0.25) is 0 Å². The van der Waals surface area contributed by atoms with Crippen molar-refractivity contribution in [3.05, 3.63) is 41.9 Å². The fourth-order valence-corrected chi connectivity index (χ4v) is 3.59. The second kappa shape index (κ2) is 7.45. The van der Waals surface area contributed by atoms with Gasteiger partial charge in [0.15, 0.2) is 0 Å². The maximum Gasteiger partial charge on any atom is 0.257 e. The number of aryl methyl sites for hydroxylation is 2. The van der Waals surface area contributed by atoms with Crippen LogP contribution in [0.4, 0.5) is 5.82 Å². The van der Waals surface area contributed by atoms with Crippen molar-refractivity contribution in [1.29, 1.82) is 0 Å². The SMILES string of the molecule is CCn1cc(C(=O)N(C)CC2(O)CCCN(c3ccccn3)C2)c(C)n1. The molecule has 0 aromatic carbocycles. The van der Waals surface area contributed by atoms with Crippen molar-refractivity contribution in [3.8, 4) is 0 Å². The number of anilines is 1. The maximum atomic E-state index is 12.8. The lowest BCUT2D eigenvalue weighted by atomic mass is 9.92. The standard InChI is InChI=1S/C19H27N5O2/c1-4-24-12-16(15(2)21-24)18(25)22(3)13-19(26)9-7-11-23(14-19)17-8-5-6-10-20-17/h5-6,8,10,12,26H,4,7,9,11,13-14H2,1-3H3. The Morgan fingerprint density at radius 3 is 2.88 bits per heavy atom. The number of carbonyl (C=O) groups excluding carboxylic acids is 1. The Bertz CT molecular complexity index is 761. The molecule has 0 bridgehead atoms. The minimum Gasteiger partial charge on any atom is -0.386 e. The smallest absolute Gasteiger partial charge is 0.257 e. The van der Waals surface area contributed by atoms with Gasteiger partial charge in [0.05, 0.1) is 23.4 Å². The zero-order valence-electron chi connectivity index (χ0n) is 15.7. The van der Waals surface area contributed by atoms with Gasteiger partial charge < -0.3 is 14.9 Å². The summed E-state index contributed by atoms with van der Waals surface area (Å²) in [6.45, 7) is 6.16. The van der Waals surface area contributed by atoms with Crippen molar-refractivity contribution < 1.29 is 9.90 Å². The highest BCUT2D eigenvalue weighted by atomic mass is 16.3. The largest absolute Gasteiger partial charge is 0.386 e. The summed E-state index contributed by atoms with van der Waals surface area (Å²) in [5.74, 6) is 0.755. The number of aromatic nitrogens is 3. The average Bonchev–Trinajstić information content (AvgIpc) is 3.02. The number of rotatable bonds is 5. The van der Waals surface area contributed by atoms with Crippen molar-refractivity contribution in [2.75, 3.05) is 31.6 Å². The van der Waals surface area contributed by atoms with Crippen LogP contribution in [0.2, 0.25) is 0 Å². The van der Waals surface area contributed by atoms with E-state index in [9.17, 15) is 9.90 Å². The summed E-state index contributed by atoms with van der Waals surface area (Å²) >= 11 is 0. The summed E-state index contributed by atoms with van der Waals surface area (Å²) in [7, 11) is 1.74. The lowest BCUT2D eigenvalue weighted by Gasteiger charge is -2.41. The first-order valence-electron chi connectivity index (χ1n) is 9.10. The molecule has 1 aliphatic rings. The topological polar surface area (TPSA) is 74.5 Å². The van der Waals surface area contributed by atoms with Gasteiger partial charge in [-0.1, -0.05) is 6.07 Å². The lowest BCUT2D eigenvalue weighted by molar-refractivity contribution is -0.000157. The lowest BCUT2D eigenvalue weighted by Crippen LogP contribution is -2.54. The molecule has 1 atom stereocenters. The molecule has 7 heteroatoms. The summed E-state index contributed by atoms with van der Waals surface area (Å²) in [4.78, 5) is 20.9. The first-order valence-corrected chi connectivity index (χ1v) is 9.10. The summed E-state index contributed by atoms with van der Waals surface area (Å²) in [5.41, 5.74) is 0.360. The monoisotopic (exact) mass is 357 g/mol. The molecule has 3 heterocycles. The molecule has 1 unspecified atom stereocenters. The number of aliphatic hydroxyl groups is 1. The summed E-state index contributed by atoms with van der Waals surface area (Å²) in [6, 6.07) is 5.77. The molecule has 1 saturated heterocycles. The van der Waals surface area contributed by atoms with E-state index in [1.165, 1.54) is 0 Å². The van der Waals surface area contributed by atoms with Crippen LogP contribution in [0.5, 0.6) is 0 Å². The van der Waals surface area contributed by atoms with Crippen LogP contribution in [0.15, 0.2) is 30.6 Å². The van der Waals surface area contributed by atoms with Crippen LogP contribution in [0.1, 0.15) is 35.8 Å². The molecule has 140 valence electrons. The van der Waals surface area contributed by atoms with E-state index in [1.807, 2.05) is 32.0 Å². The highest BCUT2D eigenvalue weighted by molar-refractivity contribution is 5.94. The van der Waals surface area contributed by atoms with Gasteiger partial charge in [0, 0.05) is 39.1 Å². The molecule has 1 amide bonds. The second-order valence-corrected chi connectivity index (χ2v) is 7.08. The molecule has 0 saturated carbocycles. The van der Waals surface area contributed by atoms with E-state index in [0.29, 0.717) is 18.5 Å². The maximum absolute atomic E-state index is 12.8. The highest BCUT2D eigenvalue weighted by Gasteiger charge is 2.36. The predicted octanol–water partition coefficient (Wildman–Crippen LogP) is 1.71. The van der Waals surface area contributed by atoms with Gasteiger partial charge in [0.1, 0.15) is 5.82 Å². The van der Waals surface area contributed by atoms with Gasteiger partial charge in [-0.2, -0.15) is 5.10 Å². The van der Waals surface area contributed by atoms with Gasteiger partial charge >= 0.3 is 0 Å². The zero-order chi connectivity index (χ0) is 18.7. The molecule has 1 fully saturated rings. The van der Waals surface area contributed by atoms with Gasteiger partial charge in [-0.05, 0) is 38.8 Å². The minimum atomic E-state index is -0.950. The summed E-state index contributed by atoms with van der Waals surface area (Å²) in [6.07, 6.45) is 5.06. The Labute approximate surface area is 154 Å². The van der Waals surface area contributed by atoms with E-state index in [0.717, 1.165) is 31.0 Å². The molecule has 2 aromatic rings. The van der Waals surface area contributed by atoms with Crippen LogP contribution in [0.25, 0.3) is 0 Å². The molecule has 26 heavy (non-hydrogen) atoms. The number of piperidine rings is 1. The van der Waals surface area contributed by atoms with Crippen molar-refractivity contribution in [2.45, 2.75) is 38.8 Å². The fourth-order valence-electron chi connectivity index (χ4n) is 3.59. The molecule has 0 spiro atoms. The quantitative estimate of drug-likeness (QED) is 0.882. The Morgan fingerprint density at radius 1 is 1.42 bits per heavy atom. The molecule has 3 rings (SSSR count). The van der Waals surface area contributed by atoms with E-state index in [1.54, 1.807) is 29.0 Å². The number of likely N-dealkylation sites (N-methyl/N-ethyl adjacent to an activating group) is 1. The van der Waals surface area contributed by atoms with Crippen molar-refractivity contribution >= 4 is 11.7 Å². The van der Waals surface area contributed by atoms with Crippen LogP contribution in [-0.4, -0.2) is 63.0 Å². The van der Waals surface area contributed by atoms with Crippen LogP contribution in [-0.2, 0) is 6.54 Å². The first kappa shape index (κ1) is 18.4. The van der Waals surface area contributed by atoms with Crippen LogP contribution in [0.3, 0.4) is 0 Å². The Balaban J connectivity index is 1.70. The number of carbonyl (C=O) groups is 1. The highest BCUT2D eigenvalue weighted by Crippen LogP contribution is 2.26. The van der Waals surface area contributed by atoms with Crippen LogP contribution in [0, 0.1) is 6.92 Å². The number of amides is 1. The Morgan fingerprint density at radius 2 is 2.23 bits per heavy atom. The summed E-state index contributed by atoms with van der Waals surface area (Å²) in [5, 5.41) is 15.4. The van der Waals surface area contributed by atoms with Gasteiger partial charge in [0.25, 0.3) is 5.91 Å². The molecule has 1 aliphatic heterocycles. The Hall–Kier alpha value is -2.41. The number of hydrogen-bond donors (Lipinski definition) is 1. The van der Waals surface area contributed by atoms with E-state index in [2.05, 4.69) is 15.0 Å². The van der Waals surface area contributed by atoms with E-state index < -0.39 is 5.60 Å². The normalized spacial score (nSPS) is 20.2. The molecular formula is C19H27N5O2. The number of nitrogens with zero attached hydrogens (tertiary/aromatic N) is 5. The molecule has 2 aromatic heterocycles. The number of hydrogen-bond acceptors (Lipinski definition) is 5. The molecule has 1 N–H and O–H groups in total. The molecular weight excluding hydrogens is 330 g/mol. The number of β-amino-alcohol motifs (C(OH)–C–C–N with tert-alkyl or cyclic N) is 1. The van der Waals surface area contributed by atoms with Crippen LogP contribution < -0.4 is 4.90 Å². The zero-order valence-corrected chi connectivity index (χ0v) is 15.7. The van der Waals surface area contributed by atoms with Crippen LogP contribution >= 0.6 is 0 Å². The molecule has 7 nitrogen and oxygen atoms in total. The third kappa shape index (κ3) is 3.88. The van der Waals surface area contributed by atoms with Gasteiger partial charge in [-0.3, -0.25) is 9.48 Å². The third-order valence-electron chi connectivity index (χ3n) is 4.91. The second-order valence-electron chi connectivity index (χ2n) is 7.08. The van der Waals surface area contributed by atoms with Gasteiger partial charge in [-0.15, -0.1) is 0 Å². The third-order valence-corrected chi connectivity index (χ3v) is 4.91. The van der Waals surface area contributed by atoms with E-state index >= 15 is 0 Å². The van der Waals surface area contributed by atoms with Crippen molar-refractivity contribution in [1.82, 2.24) is 19.7 Å². The van der Waals surface area contributed by atoms with E-state index in [-0.39, 0.29) is 12.5 Å². The fraction of sp³-hybridized carbons (Fsp3) is 0.526. The Kier molecular flexibility index (Phi) is 5.27. The predicted molar refractivity (Wildman–Crippen MR) is 100 cm³/mol. The number of pyridine rings is 1. The van der Waals surface area contributed by atoms with Gasteiger partial charge in [-0.25, -0.2) is 4.98 Å². The van der Waals surface area contributed by atoms with Crippen molar-refractivity contribution in [2.24, 2.45) is 0 Å². The molecule has 0 radical (unpaired) electrons. The van der Waals surface area contributed by atoms with Crippen molar-refractivity contribution in [3.63, 3.8) is 0 Å². The van der Waals surface area contributed by atoms with E-state index in [4.69, 9.17) is 0 Å².